The molecule has 1 N–H and O–H groups in total. The maximum atomic E-state index is 13.2. The van der Waals surface area contributed by atoms with Crippen LogP contribution in [0.1, 0.15) is 15.9 Å². The lowest BCUT2D eigenvalue weighted by atomic mass is 10.1. The van der Waals surface area contributed by atoms with E-state index in [-0.39, 0.29) is 11.6 Å². The van der Waals surface area contributed by atoms with Crippen LogP contribution in [0.5, 0.6) is 5.75 Å². The van der Waals surface area contributed by atoms with E-state index in [2.05, 4.69) is 16.9 Å². The van der Waals surface area contributed by atoms with Crippen molar-refractivity contribution in [3.8, 4) is 17.0 Å². The van der Waals surface area contributed by atoms with E-state index in [1.165, 1.54) is 23.5 Å². The van der Waals surface area contributed by atoms with Crippen LogP contribution in [0.2, 0.25) is 0 Å². The zero-order valence-electron chi connectivity index (χ0n) is 19.3. The largest absolute Gasteiger partial charge is 0.497 e. The highest BCUT2D eigenvalue weighted by atomic mass is 32.1. The van der Waals surface area contributed by atoms with Crippen LogP contribution >= 0.6 is 11.3 Å². The van der Waals surface area contributed by atoms with Gasteiger partial charge < -0.3 is 14.6 Å². The SMILES string of the molecule is C=CCn1c(-c2ccccc2)c(NC(=O)c2ccc(OC)cc2)sc1=Nc1cccc(C(F)(F)F)c1. The molecule has 0 radical (unpaired) electrons. The number of aromatic nitrogens is 1. The Balaban J connectivity index is 1.85. The molecule has 184 valence electrons. The summed E-state index contributed by atoms with van der Waals surface area (Å²) in [5.74, 6) is 0.283. The second-order valence-electron chi connectivity index (χ2n) is 7.67. The van der Waals surface area contributed by atoms with Crippen molar-refractivity contribution in [2.45, 2.75) is 12.7 Å². The molecule has 4 aromatic rings. The van der Waals surface area contributed by atoms with E-state index in [0.29, 0.717) is 33.4 Å². The van der Waals surface area contributed by atoms with Crippen molar-refractivity contribution in [3.05, 3.63) is 107 Å². The molecule has 9 heteroatoms. The van der Waals surface area contributed by atoms with E-state index in [4.69, 9.17) is 4.74 Å². The van der Waals surface area contributed by atoms with Gasteiger partial charge in [-0.3, -0.25) is 4.79 Å². The first-order chi connectivity index (χ1) is 17.3. The predicted molar refractivity (Wildman–Crippen MR) is 136 cm³/mol. The Morgan fingerprint density at radius 1 is 1.08 bits per heavy atom. The number of alkyl halides is 3. The monoisotopic (exact) mass is 509 g/mol. The molecule has 0 bridgehead atoms. The second kappa shape index (κ2) is 10.7. The van der Waals surface area contributed by atoms with Crippen molar-refractivity contribution in [1.29, 1.82) is 0 Å². The van der Waals surface area contributed by atoms with Crippen molar-refractivity contribution in [2.75, 3.05) is 12.4 Å². The Morgan fingerprint density at radius 3 is 2.44 bits per heavy atom. The molecule has 0 fully saturated rings. The maximum Gasteiger partial charge on any atom is 0.416 e. The fourth-order valence-electron chi connectivity index (χ4n) is 3.54. The zero-order valence-corrected chi connectivity index (χ0v) is 20.1. The first-order valence-electron chi connectivity index (χ1n) is 10.9. The number of methoxy groups -OCH3 is 1. The van der Waals surface area contributed by atoms with Crippen molar-refractivity contribution in [3.63, 3.8) is 0 Å². The molecule has 5 nitrogen and oxygen atoms in total. The molecule has 1 amide bonds. The van der Waals surface area contributed by atoms with Gasteiger partial charge in [-0.15, -0.1) is 6.58 Å². The van der Waals surface area contributed by atoms with Crippen LogP contribution in [0.15, 0.2) is 96.5 Å². The molecule has 0 aliphatic rings. The number of carbonyl (C=O) groups excluding carboxylic acids is 1. The van der Waals surface area contributed by atoms with Crippen molar-refractivity contribution >= 4 is 27.9 Å². The third-order valence-corrected chi connectivity index (χ3v) is 6.24. The highest BCUT2D eigenvalue weighted by Crippen LogP contribution is 2.33. The van der Waals surface area contributed by atoms with Gasteiger partial charge in [0.25, 0.3) is 5.91 Å². The summed E-state index contributed by atoms with van der Waals surface area (Å²) in [6.45, 7) is 4.14. The van der Waals surface area contributed by atoms with E-state index >= 15 is 0 Å². The van der Waals surface area contributed by atoms with E-state index in [0.717, 1.165) is 17.7 Å². The molecule has 36 heavy (non-hydrogen) atoms. The first-order valence-corrected chi connectivity index (χ1v) is 11.7. The normalized spacial score (nSPS) is 11.8. The lowest BCUT2D eigenvalue weighted by molar-refractivity contribution is -0.137. The van der Waals surface area contributed by atoms with Crippen molar-refractivity contribution in [1.82, 2.24) is 4.57 Å². The number of halogens is 3. The van der Waals surface area contributed by atoms with Gasteiger partial charge in [0.15, 0.2) is 4.80 Å². The minimum absolute atomic E-state index is 0.150. The number of ether oxygens (including phenoxy) is 1. The summed E-state index contributed by atoms with van der Waals surface area (Å²) < 4.78 is 46.7. The number of rotatable bonds is 7. The standard InChI is InChI=1S/C27H22F3N3O2S/c1-3-16-33-23(18-8-5-4-6-9-18)25(32-24(34)19-12-14-22(35-2)15-13-19)36-26(33)31-21-11-7-10-20(17-21)27(28,29)30/h3-15,17H,1,16H2,2H3,(H,32,34). The molecule has 0 saturated heterocycles. The summed E-state index contributed by atoms with van der Waals surface area (Å²) in [6.07, 6.45) is -2.82. The van der Waals surface area contributed by atoms with Crippen molar-refractivity contribution in [2.24, 2.45) is 4.99 Å². The number of amides is 1. The Morgan fingerprint density at radius 2 is 1.81 bits per heavy atom. The van der Waals surface area contributed by atoms with Gasteiger partial charge in [0.05, 0.1) is 24.1 Å². The smallest absolute Gasteiger partial charge is 0.416 e. The average molecular weight is 510 g/mol. The molecule has 0 spiro atoms. The van der Waals surface area contributed by atoms with E-state index in [1.807, 2.05) is 34.9 Å². The van der Waals surface area contributed by atoms with Gasteiger partial charge in [-0.1, -0.05) is 53.8 Å². The van der Waals surface area contributed by atoms with Gasteiger partial charge in [0.1, 0.15) is 10.8 Å². The minimum atomic E-state index is -4.48. The lowest BCUT2D eigenvalue weighted by Crippen LogP contribution is -2.15. The summed E-state index contributed by atoms with van der Waals surface area (Å²) in [5, 5.41) is 3.46. The molecule has 1 aromatic heterocycles. The third kappa shape index (κ3) is 5.58. The topological polar surface area (TPSA) is 55.6 Å². The molecule has 0 aliphatic carbocycles. The quantitative estimate of drug-likeness (QED) is 0.275. The molecule has 0 aliphatic heterocycles. The average Bonchev–Trinajstić information content (AvgIpc) is 3.20. The van der Waals surface area contributed by atoms with Crippen molar-refractivity contribution < 1.29 is 22.7 Å². The number of carbonyl (C=O) groups is 1. The van der Waals surface area contributed by atoms with Gasteiger partial charge in [0.2, 0.25) is 0 Å². The summed E-state index contributed by atoms with van der Waals surface area (Å²) in [4.78, 5) is 18.0. The molecular formula is C27H22F3N3O2S. The van der Waals surface area contributed by atoms with Crippen LogP contribution in [0.3, 0.4) is 0 Å². The number of nitrogens with one attached hydrogen (secondary N) is 1. The first kappa shape index (κ1) is 25.0. The lowest BCUT2D eigenvalue weighted by Gasteiger charge is -2.11. The van der Waals surface area contributed by atoms with Gasteiger partial charge in [-0.25, -0.2) is 4.99 Å². The molecule has 0 atom stereocenters. The third-order valence-electron chi connectivity index (χ3n) is 5.25. The summed E-state index contributed by atoms with van der Waals surface area (Å²) in [7, 11) is 1.54. The fourth-order valence-corrected chi connectivity index (χ4v) is 4.62. The number of thiazole rings is 1. The number of benzene rings is 3. The highest BCUT2D eigenvalue weighted by molar-refractivity contribution is 7.14. The van der Waals surface area contributed by atoms with Crippen LogP contribution in [0, 0.1) is 0 Å². The van der Waals surface area contributed by atoms with Gasteiger partial charge in [-0.05, 0) is 42.5 Å². The molecule has 0 unspecified atom stereocenters. The molecular weight excluding hydrogens is 487 g/mol. The Hall–Kier alpha value is -4.11. The predicted octanol–water partition coefficient (Wildman–Crippen LogP) is 6.91. The van der Waals surface area contributed by atoms with E-state index in [1.54, 1.807) is 37.5 Å². The van der Waals surface area contributed by atoms with E-state index in [9.17, 15) is 18.0 Å². The number of anilines is 1. The molecule has 1 heterocycles. The minimum Gasteiger partial charge on any atom is -0.497 e. The maximum absolute atomic E-state index is 13.2. The molecule has 3 aromatic carbocycles. The van der Waals surface area contributed by atoms with Crippen LogP contribution < -0.4 is 14.9 Å². The number of nitrogens with zero attached hydrogens (tertiary/aromatic N) is 2. The van der Waals surface area contributed by atoms with Crippen LogP contribution in [0.4, 0.5) is 23.9 Å². The fraction of sp³-hybridized carbons (Fsp3) is 0.111. The number of hydrogen-bond acceptors (Lipinski definition) is 4. The zero-order chi connectivity index (χ0) is 25.7. The van der Waals surface area contributed by atoms with Crippen LogP contribution in [-0.4, -0.2) is 17.6 Å². The highest BCUT2D eigenvalue weighted by Gasteiger charge is 2.30. The van der Waals surface area contributed by atoms with Gasteiger partial charge in [-0.2, -0.15) is 13.2 Å². The van der Waals surface area contributed by atoms with Crippen LogP contribution in [-0.2, 0) is 12.7 Å². The summed E-state index contributed by atoms with van der Waals surface area (Å²) in [6, 6.07) is 20.9. The van der Waals surface area contributed by atoms with Gasteiger partial charge in [0, 0.05) is 17.7 Å². The Kier molecular flexibility index (Phi) is 7.40. The second-order valence-corrected chi connectivity index (χ2v) is 8.65. The van der Waals surface area contributed by atoms with Crippen LogP contribution in [0.25, 0.3) is 11.3 Å². The number of hydrogen-bond donors (Lipinski definition) is 1. The Labute approximate surface area is 209 Å². The number of allylic oxidation sites excluding steroid dienone is 1. The van der Waals surface area contributed by atoms with E-state index < -0.39 is 11.7 Å². The Bertz CT molecular complexity index is 1440. The molecule has 4 rings (SSSR count). The van der Waals surface area contributed by atoms with Gasteiger partial charge >= 0.3 is 6.18 Å². The molecule has 0 saturated carbocycles. The summed E-state index contributed by atoms with van der Waals surface area (Å²) >= 11 is 1.17. The summed E-state index contributed by atoms with van der Waals surface area (Å²) in [5.41, 5.74) is 1.28.